The maximum Gasteiger partial charge on any atom is 0.140 e. The van der Waals surface area contributed by atoms with Crippen LogP contribution < -0.4 is 11.5 Å². The zero-order valence-electron chi connectivity index (χ0n) is 18.2. The number of hydrogen-bond acceptors (Lipinski definition) is 4. The largest absolute Gasteiger partial charge is 0.399 e. The van der Waals surface area contributed by atoms with Crippen molar-refractivity contribution in [2.75, 3.05) is 11.5 Å². The Labute approximate surface area is 191 Å². The van der Waals surface area contributed by atoms with Gasteiger partial charge >= 0.3 is 0 Å². The molecule has 0 amide bonds. The van der Waals surface area contributed by atoms with Gasteiger partial charge in [0.1, 0.15) is 11.6 Å². The number of imidazole rings is 2. The van der Waals surface area contributed by atoms with Crippen LogP contribution in [-0.2, 0) is 7.05 Å². The molecular formula is C27H24N6. The van der Waals surface area contributed by atoms with Gasteiger partial charge in [0, 0.05) is 29.5 Å². The molecule has 4 aromatic carbocycles. The highest BCUT2D eigenvalue weighted by atomic mass is 15.1. The summed E-state index contributed by atoms with van der Waals surface area (Å²) in [5, 5.41) is 0. The average Bonchev–Trinajstić information content (AvgIpc) is 3.41. The Kier molecular flexibility index (Phi) is 5.24. The highest BCUT2D eigenvalue weighted by molar-refractivity contribution is 5.81. The van der Waals surface area contributed by atoms with Crippen LogP contribution in [0.2, 0.25) is 0 Å². The number of para-hydroxylation sites is 4. The zero-order chi connectivity index (χ0) is 22.8. The molecule has 2 heterocycles. The van der Waals surface area contributed by atoms with Crippen LogP contribution in [0.3, 0.4) is 0 Å². The van der Waals surface area contributed by atoms with Crippen molar-refractivity contribution in [3.8, 4) is 22.8 Å². The first-order valence-electron chi connectivity index (χ1n) is 10.7. The molecule has 0 unspecified atom stereocenters. The first-order valence-corrected chi connectivity index (χ1v) is 10.7. The minimum atomic E-state index is 0.748. The Morgan fingerprint density at radius 3 is 2.00 bits per heavy atom. The van der Waals surface area contributed by atoms with Crippen LogP contribution in [0.1, 0.15) is 0 Å². The molecule has 0 fully saturated rings. The SMILES string of the molecule is Cn1c(-c2cccc(N)c2)nc2ccccc21.Nc1cccc(-c2nc3ccccc3[nH]2)c1. The summed E-state index contributed by atoms with van der Waals surface area (Å²) in [7, 11) is 2.02. The summed E-state index contributed by atoms with van der Waals surface area (Å²) in [6.07, 6.45) is 0. The second-order valence-corrected chi connectivity index (χ2v) is 7.84. The van der Waals surface area contributed by atoms with Crippen molar-refractivity contribution >= 4 is 33.4 Å². The number of H-pyrrole nitrogens is 1. The Balaban J connectivity index is 0.000000139. The zero-order valence-corrected chi connectivity index (χ0v) is 18.2. The summed E-state index contributed by atoms with van der Waals surface area (Å²) in [5.41, 5.74) is 19.3. The van der Waals surface area contributed by atoms with Crippen LogP contribution in [0.5, 0.6) is 0 Å². The number of benzene rings is 4. The number of aromatic amines is 1. The molecule has 6 rings (SSSR count). The lowest BCUT2D eigenvalue weighted by Crippen LogP contribution is -1.93. The van der Waals surface area contributed by atoms with E-state index in [4.69, 9.17) is 11.5 Å². The van der Waals surface area contributed by atoms with E-state index >= 15 is 0 Å². The molecule has 6 heteroatoms. The Morgan fingerprint density at radius 1 is 0.667 bits per heavy atom. The van der Waals surface area contributed by atoms with E-state index in [1.165, 1.54) is 0 Å². The lowest BCUT2D eigenvalue weighted by Gasteiger charge is -2.03. The van der Waals surface area contributed by atoms with Gasteiger partial charge in [-0.2, -0.15) is 0 Å². The molecule has 0 radical (unpaired) electrons. The molecule has 0 saturated heterocycles. The monoisotopic (exact) mass is 432 g/mol. The van der Waals surface area contributed by atoms with Gasteiger partial charge in [0.25, 0.3) is 0 Å². The van der Waals surface area contributed by atoms with Gasteiger partial charge in [0.15, 0.2) is 0 Å². The van der Waals surface area contributed by atoms with E-state index in [1.54, 1.807) is 0 Å². The first-order chi connectivity index (χ1) is 16.1. The molecule has 0 atom stereocenters. The molecule has 5 N–H and O–H groups in total. The predicted molar refractivity (Wildman–Crippen MR) is 137 cm³/mol. The maximum absolute atomic E-state index is 5.80. The summed E-state index contributed by atoms with van der Waals surface area (Å²) >= 11 is 0. The van der Waals surface area contributed by atoms with E-state index in [0.717, 1.165) is 56.2 Å². The number of anilines is 2. The molecule has 0 saturated carbocycles. The van der Waals surface area contributed by atoms with Crippen LogP contribution >= 0.6 is 0 Å². The van der Waals surface area contributed by atoms with Crippen molar-refractivity contribution in [3.63, 3.8) is 0 Å². The van der Waals surface area contributed by atoms with Crippen molar-refractivity contribution < 1.29 is 0 Å². The molecule has 0 aliphatic carbocycles. The molecule has 0 bridgehead atoms. The topological polar surface area (TPSA) is 98.5 Å². The van der Waals surface area contributed by atoms with Gasteiger partial charge in [-0.3, -0.25) is 0 Å². The van der Waals surface area contributed by atoms with Crippen molar-refractivity contribution in [3.05, 3.63) is 97.1 Å². The third-order valence-corrected chi connectivity index (χ3v) is 5.48. The predicted octanol–water partition coefficient (Wildman–Crippen LogP) is 5.63. The summed E-state index contributed by atoms with van der Waals surface area (Å²) in [4.78, 5) is 12.4. The molecule has 2 aromatic heterocycles. The smallest absolute Gasteiger partial charge is 0.140 e. The fraction of sp³-hybridized carbons (Fsp3) is 0.0370. The van der Waals surface area contributed by atoms with Crippen molar-refractivity contribution in [1.82, 2.24) is 19.5 Å². The van der Waals surface area contributed by atoms with Crippen molar-refractivity contribution in [2.45, 2.75) is 0 Å². The standard InChI is InChI=1S/C14H13N3.C13H11N3/c1-17-13-8-3-2-7-12(13)16-14(17)10-5-4-6-11(15)9-10;14-10-5-3-4-9(8-10)13-15-11-6-1-2-7-12(11)16-13/h2-9H,15H2,1H3;1-8H,14H2,(H,15,16). The highest BCUT2D eigenvalue weighted by Gasteiger charge is 2.09. The van der Waals surface area contributed by atoms with E-state index in [-0.39, 0.29) is 0 Å². The number of fused-ring (bicyclic) bond motifs is 2. The fourth-order valence-corrected chi connectivity index (χ4v) is 3.86. The molecule has 162 valence electrons. The van der Waals surface area contributed by atoms with E-state index < -0.39 is 0 Å². The van der Waals surface area contributed by atoms with Gasteiger partial charge in [-0.25, -0.2) is 9.97 Å². The number of aryl methyl sites for hydroxylation is 1. The molecular weight excluding hydrogens is 408 g/mol. The van der Waals surface area contributed by atoms with Gasteiger partial charge < -0.3 is 21.0 Å². The van der Waals surface area contributed by atoms with Gasteiger partial charge in [-0.1, -0.05) is 48.5 Å². The molecule has 33 heavy (non-hydrogen) atoms. The summed E-state index contributed by atoms with van der Waals surface area (Å²) in [5.74, 6) is 1.80. The third kappa shape index (κ3) is 4.14. The Morgan fingerprint density at radius 2 is 1.30 bits per heavy atom. The van der Waals surface area contributed by atoms with E-state index in [2.05, 4.69) is 25.6 Å². The molecule has 0 spiro atoms. The van der Waals surface area contributed by atoms with Gasteiger partial charge in [-0.15, -0.1) is 0 Å². The normalized spacial score (nSPS) is 10.8. The average molecular weight is 433 g/mol. The van der Waals surface area contributed by atoms with E-state index in [9.17, 15) is 0 Å². The van der Waals surface area contributed by atoms with E-state index in [0.29, 0.717) is 0 Å². The minimum Gasteiger partial charge on any atom is -0.399 e. The number of hydrogen-bond donors (Lipinski definition) is 3. The second kappa shape index (κ2) is 8.51. The second-order valence-electron chi connectivity index (χ2n) is 7.84. The van der Waals surface area contributed by atoms with Crippen molar-refractivity contribution in [2.24, 2.45) is 7.05 Å². The molecule has 6 nitrogen and oxygen atoms in total. The number of aromatic nitrogens is 4. The highest BCUT2D eigenvalue weighted by Crippen LogP contribution is 2.25. The minimum absolute atomic E-state index is 0.748. The van der Waals surface area contributed by atoms with Crippen LogP contribution in [0.4, 0.5) is 11.4 Å². The van der Waals surface area contributed by atoms with Crippen LogP contribution in [-0.4, -0.2) is 19.5 Å². The van der Waals surface area contributed by atoms with Gasteiger partial charge in [0.05, 0.1) is 22.1 Å². The van der Waals surface area contributed by atoms with Crippen molar-refractivity contribution in [1.29, 1.82) is 0 Å². The summed E-state index contributed by atoms with van der Waals surface area (Å²) in [6.45, 7) is 0. The van der Waals surface area contributed by atoms with Gasteiger partial charge in [-0.05, 0) is 48.5 Å². The number of nitrogens with two attached hydrogens (primary N) is 2. The maximum atomic E-state index is 5.80. The number of rotatable bonds is 2. The lowest BCUT2D eigenvalue weighted by atomic mass is 10.2. The quantitative estimate of drug-likeness (QED) is 0.309. The van der Waals surface area contributed by atoms with E-state index in [1.807, 2.05) is 98.0 Å². The first kappa shape index (κ1) is 20.3. The third-order valence-electron chi connectivity index (χ3n) is 5.48. The number of nitrogens with zero attached hydrogens (tertiary/aromatic N) is 3. The van der Waals surface area contributed by atoms with Crippen LogP contribution in [0, 0.1) is 0 Å². The summed E-state index contributed by atoms with van der Waals surface area (Å²) < 4.78 is 2.09. The number of nitrogens with one attached hydrogen (secondary N) is 1. The molecule has 0 aliphatic heterocycles. The molecule has 6 aromatic rings. The van der Waals surface area contributed by atoms with Crippen LogP contribution in [0.25, 0.3) is 44.8 Å². The Bertz CT molecular complexity index is 1530. The van der Waals surface area contributed by atoms with Crippen LogP contribution in [0.15, 0.2) is 97.1 Å². The lowest BCUT2D eigenvalue weighted by molar-refractivity contribution is 0.959. The number of nitrogen functional groups attached to an aromatic ring is 2. The Hall–Kier alpha value is -4.58. The molecule has 0 aliphatic rings. The fourth-order valence-electron chi connectivity index (χ4n) is 3.86. The summed E-state index contributed by atoms with van der Waals surface area (Å²) in [6, 6.07) is 31.6. The van der Waals surface area contributed by atoms with Gasteiger partial charge in [0.2, 0.25) is 0 Å².